The number of nitrogens with one attached hydrogen (secondary N) is 2. The van der Waals surface area contributed by atoms with Gasteiger partial charge in [0.2, 0.25) is 0 Å². The third kappa shape index (κ3) is 4.11. The minimum atomic E-state index is -0.0869. The molecule has 2 aromatic carbocycles. The molecule has 0 saturated carbocycles. The number of nitrogens with zero attached hydrogens (tertiary/aromatic N) is 1. The van der Waals surface area contributed by atoms with Gasteiger partial charge in [0, 0.05) is 30.4 Å². The monoisotopic (exact) mass is 352 g/mol. The van der Waals surface area contributed by atoms with Gasteiger partial charge in [-0.05, 0) is 36.6 Å². The van der Waals surface area contributed by atoms with Crippen LogP contribution in [0.2, 0.25) is 0 Å². The zero-order valence-corrected chi connectivity index (χ0v) is 15.4. The molecule has 1 heterocycles. The van der Waals surface area contributed by atoms with Crippen molar-refractivity contribution in [2.45, 2.75) is 19.4 Å². The summed E-state index contributed by atoms with van der Waals surface area (Å²) in [5.41, 5.74) is 4.08. The number of hydrogen-bond acceptors (Lipinski definition) is 2. The van der Waals surface area contributed by atoms with Crippen LogP contribution in [0.15, 0.2) is 48.5 Å². The molecule has 0 fully saturated rings. The molecule has 1 aliphatic rings. The molecule has 1 atom stereocenters. The highest BCUT2D eigenvalue weighted by atomic mass is 16.2. The topological polar surface area (TPSA) is 53.9 Å². The van der Waals surface area contributed by atoms with Crippen LogP contribution in [0, 0.1) is 0 Å². The molecule has 1 aliphatic heterocycles. The number of anilines is 1. The number of hydrogen-bond donors (Lipinski definition) is 2. The summed E-state index contributed by atoms with van der Waals surface area (Å²) in [6.45, 7) is 1.99. The number of aryl methyl sites for hydroxylation is 1. The first kappa shape index (κ1) is 18.1. The second-order valence-electron chi connectivity index (χ2n) is 6.86. The van der Waals surface area contributed by atoms with Crippen molar-refractivity contribution < 1.29 is 14.5 Å². The molecule has 136 valence electrons. The van der Waals surface area contributed by atoms with Crippen LogP contribution >= 0.6 is 0 Å². The Kier molecular flexibility index (Phi) is 5.68. The second kappa shape index (κ2) is 8.15. The normalized spacial score (nSPS) is 14.5. The number of benzene rings is 2. The first-order chi connectivity index (χ1) is 12.6. The molecule has 5 nitrogen and oxygen atoms in total. The Balaban J connectivity index is 1.61. The molecule has 2 N–H and O–H groups in total. The lowest BCUT2D eigenvalue weighted by molar-refractivity contribution is -0.885. The van der Waals surface area contributed by atoms with Gasteiger partial charge in [-0.2, -0.15) is 0 Å². The predicted octanol–water partition coefficient (Wildman–Crippen LogP) is 1.04. The lowest BCUT2D eigenvalue weighted by Gasteiger charge is -2.30. The van der Waals surface area contributed by atoms with E-state index in [-0.39, 0.29) is 11.8 Å². The van der Waals surface area contributed by atoms with Crippen molar-refractivity contribution in [3.8, 4) is 0 Å². The number of likely N-dealkylation sites (N-methyl/N-ethyl adjacent to an activating group) is 1. The maximum atomic E-state index is 12.8. The lowest BCUT2D eigenvalue weighted by Crippen LogP contribution is -3.09. The van der Waals surface area contributed by atoms with Gasteiger partial charge in [0.05, 0.1) is 7.05 Å². The first-order valence-electron chi connectivity index (χ1n) is 9.09. The van der Waals surface area contributed by atoms with Crippen molar-refractivity contribution in [3.05, 3.63) is 65.2 Å². The van der Waals surface area contributed by atoms with Crippen LogP contribution in [0.5, 0.6) is 0 Å². The molecule has 0 bridgehead atoms. The van der Waals surface area contributed by atoms with Gasteiger partial charge in [0.1, 0.15) is 6.54 Å². The third-order valence-electron chi connectivity index (χ3n) is 4.81. The highest BCUT2D eigenvalue weighted by Gasteiger charge is 2.24. The Morgan fingerprint density at radius 2 is 1.85 bits per heavy atom. The van der Waals surface area contributed by atoms with Crippen molar-refractivity contribution in [1.29, 1.82) is 0 Å². The zero-order chi connectivity index (χ0) is 18.5. The molecule has 0 aromatic heterocycles. The van der Waals surface area contributed by atoms with E-state index >= 15 is 0 Å². The van der Waals surface area contributed by atoms with Crippen LogP contribution < -0.4 is 15.1 Å². The average molecular weight is 352 g/mol. The summed E-state index contributed by atoms with van der Waals surface area (Å²) in [5.74, 6) is 0.0767. The fraction of sp³-hybridized carbons (Fsp3) is 0.333. The summed E-state index contributed by atoms with van der Waals surface area (Å²) >= 11 is 0. The summed E-state index contributed by atoms with van der Waals surface area (Å²) < 4.78 is 0. The molecule has 3 rings (SSSR count). The first-order valence-corrected chi connectivity index (χ1v) is 9.09. The van der Waals surface area contributed by atoms with E-state index in [4.69, 9.17) is 0 Å². The largest absolute Gasteiger partial charge is 0.355 e. The van der Waals surface area contributed by atoms with Gasteiger partial charge in [-0.15, -0.1) is 0 Å². The minimum Gasteiger partial charge on any atom is -0.355 e. The van der Waals surface area contributed by atoms with Gasteiger partial charge in [0.25, 0.3) is 11.8 Å². The highest BCUT2D eigenvalue weighted by molar-refractivity contribution is 5.95. The number of amides is 2. The molecule has 26 heavy (non-hydrogen) atoms. The maximum absolute atomic E-state index is 12.8. The molecule has 2 amide bonds. The maximum Gasteiger partial charge on any atom is 0.282 e. The Hall–Kier alpha value is -2.66. The summed E-state index contributed by atoms with van der Waals surface area (Å²) in [6.07, 6.45) is 2.06. The molecule has 0 spiro atoms. The molecular weight excluding hydrogens is 326 g/mol. The fourth-order valence-electron chi connectivity index (χ4n) is 3.48. The van der Waals surface area contributed by atoms with Gasteiger partial charge >= 0.3 is 0 Å². The van der Waals surface area contributed by atoms with Crippen LogP contribution in [-0.4, -0.2) is 39.0 Å². The smallest absolute Gasteiger partial charge is 0.282 e. The number of carbonyl (C=O) groups excluding carboxylic acids is 2. The van der Waals surface area contributed by atoms with Crippen molar-refractivity contribution in [3.63, 3.8) is 0 Å². The van der Waals surface area contributed by atoms with Gasteiger partial charge in [-0.1, -0.05) is 30.3 Å². The Morgan fingerprint density at radius 1 is 1.12 bits per heavy atom. The molecule has 0 aliphatic carbocycles. The minimum absolute atomic E-state index is 0.0869. The quantitative estimate of drug-likeness (QED) is 0.845. The van der Waals surface area contributed by atoms with Crippen LogP contribution in [-0.2, 0) is 17.8 Å². The predicted molar refractivity (Wildman–Crippen MR) is 102 cm³/mol. The van der Waals surface area contributed by atoms with Gasteiger partial charge in [0.15, 0.2) is 6.54 Å². The highest BCUT2D eigenvalue weighted by Crippen LogP contribution is 2.26. The number of fused-ring (bicyclic) bond motifs is 1. The lowest BCUT2D eigenvalue weighted by atomic mass is 10.0. The van der Waals surface area contributed by atoms with E-state index in [1.165, 1.54) is 5.56 Å². The number of para-hydroxylation sites is 1. The van der Waals surface area contributed by atoms with Gasteiger partial charge in [-0.3, -0.25) is 9.59 Å². The molecule has 5 heteroatoms. The zero-order valence-electron chi connectivity index (χ0n) is 15.4. The number of quaternary nitrogens is 1. The van der Waals surface area contributed by atoms with Crippen LogP contribution in [0.3, 0.4) is 0 Å². The number of carbonyl (C=O) groups is 2. The van der Waals surface area contributed by atoms with Crippen molar-refractivity contribution >= 4 is 17.5 Å². The van der Waals surface area contributed by atoms with Gasteiger partial charge in [-0.25, -0.2) is 0 Å². The molecule has 0 radical (unpaired) electrons. The SMILES string of the molecule is CNC(=O)c1ccc(C[NH+](C)CC(=O)N2CCCc3ccccc32)cc1. The van der Waals surface area contributed by atoms with E-state index in [0.717, 1.165) is 42.1 Å². The second-order valence-corrected chi connectivity index (χ2v) is 6.86. The summed E-state index contributed by atoms with van der Waals surface area (Å²) in [6, 6.07) is 15.7. The Labute approximate surface area is 154 Å². The van der Waals surface area contributed by atoms with E-state index in [9.17, 15) is 9.59 Å². The summed E-state index contributed by atoms with van der Waals surface area (Å²) in [4.78, 5) is 27.5. The average Bonchev–Trinajstić information content (AvgIpc) is 2.67. The molecule has 1 unspecified atom stereocenters. The molecule has 2 aromatic rings. The van der Waals surface area contributed by atoms with Crippen molar-refractivity contribution in [1.82, 2.24) is 5.32 Å². The van der Waals surface area contributed by atoms with Crippen molar-refractivity contribution in [2.75, 3.05) is 32.1 Å². The van der Waals surface area contributed by atoms with E-state index in [0.29, 0.717) is 12.1 Å². The third-order valence-corrected chi connectivity index (χ3v) is 4.81. The van der Waals surface area contributed by atoms with E-state index in [1.54, 1.807) is 7.05 Å². The summed E-state index contributed by atoms with van der Waals surface area (Å²) in [7, 11) is 3.65. The van der Waals surface area contributed by atoms with E-state index < -0.39 is 0 Å². The molecular formula is C21H26N3O2+. The number of rotatable bonds is 5. The van der Waals surface area contributed by atoms with Crippen molar-refractivity contribution in [2.24, 2.45) is 0 Å². The molecule has 0 saturated heterocycles. The van der Waals surface area contributed by atoms with Gasteiger partial charge < -0.3 is 15.1 Å². The van der Waals surface area contributed by atoms with Crippen LogP contribution in [0.4, 0.5) is 5.69 Å². The fourth-order valence-corrected chi connectivity index (χ4v) is 3.48. The van der Waals surface area contributed by atoms with Crippen LogP contribution in [0.1, 0.15) is 27.9 Å². The van der Waals surface area contributed by atoms with E-state index in [2.05, 4.69) is 11.4 Å². The Bertz CT molecular complexity index is 786. The Morgan fingerprint density at radius 3 is 2.58 bits per heavy atom. The standard InChI is InChI=1S/C21H25N3O2/c1-22-21(26)18-11-9-16(10-12-18)14-23(2)15-20(25)24-13-5-7-17-6-3-4-8-19(17)24/h3-4,6,8-12H,5,7,13-15H2,1-2H3,(H,22,26)/p+1. The van der Waals surface area contributed by atoms with E-state index in [1.807, 2.05) is 54.4 Å². The summed E-state index contributed by atoms with van der Waals surface area (Å²) in [5, 5.41) is 2.62. The van der Waals surface area contributed by atoms with Crippen LogP contribution in [0.25, 0.3) is 0 Å².